The Balaban J connectivity index is 2.39. The van der Waals surface area contributed by atoms with Crippen LogP contribution in [-0.4, -0.2) is 29.3 Å². The highest BCUT2D eigenvalue weighted by Gasteiger charge is 2.32. The Kier molecular flexibility index (Phi) is 3.75. The number of rotatable bonds is 3. The zero-order valence-electron chi connectivity index (χ0n) is 9.77. The van der Waals surface area contributed by atoms with E-state index in [1.54, 1.807) is 0 Å². The van der Waals surface area contributed by atoms with E-state index in [-0.39, 0.29) is 30.5 Å². The van der Waals surface area contributed by atoms with Crippen LogP contribution < -0.4 is 4.90 Å². The molecule has 1 aromatic carbocycles. The van der Waals surface area contributed by atoms with Crippen molar-refractivity contribution in [3.63, 3.8) is 0 Å². The molecule has 0 aromatic heterocycles. The van der Waals surface area contributed by atoms with Gasteiger partial charge in [0.1, 0.15) is 0 Å². The Morgan fingerprint density at radius 1 is 1.42 bits per heavy atom. The zero-order valence-corrected chi connectivity index (χ0v) is 10.7. The van der Waals surface area contributed by atoms with Gasteiger partial charge in [-0.05, 0) is 23.8 Å². The molecule has 7 heteroatoms. The van der Waals surface area contributed by atoms with Crippen molar-refractivity contribution in [2.24, 2.45) is 5.92 Å². The van der Waals surface area contributed by atoms with Crippen molar-refractivity contribution < 1.29 is 23.5 Å². The van der Waals surface area contributed by atoms with E-state index in [2.05, 4.69) is 12.6 Å². The molecule has 0 radical (unpaired) electrons. The lowest BCUT2D eigenvalue weighted by Crippen LogP contribution is -2.26. The van der Waals surface area contributed by atoms with Gasteiger partial charge in [0.25, 0.3) is 0 Å². The van der Waals surface area contributed by atoms with E-state index in [1.165, 1.54) is 0 Å². The molecule has 2 rings (SSSR count). The fourth-order valence-electron chi connectivity index (χ4n) is 2.05. The number of nitrogens with zero attached hydrogens (tertiary/aromatic N) is 1. The summed E-state index contributed by atoms with van der Waals surface area (Å²) < 4.78 is 27.4. The summed E-state index contributed by atoms with van der Waals surface area (Å²) in [5, 5.41) is 8.68. The SMILES string of the molecule is O=C(O)c1ccc(N2CC(CS)CC2=O)c(F)c1F. The number of carbonyl (C=O) groups is 2. The van der Waals surface area contributed by atoms with Crippen LogP contribution in [0.3, 0.4) is 0 Å². The second kappa shape index (κ2) is 5.16. The number of carboxylic acid groups (broad SMARTS) is 1. The van der Waals surface area contributed by atoms with Gasteiger partial charge in [0.2, 0.25) is 5.91 Å². The third kappa shape index (κ3) is 2.42. The second-order valence-electron chi connectivity index (χ2n) is 4.32. The molecule has 1 aliphatic heterocycles. The highest BCUT2D eigenvalue weighted by atomic mass is 32.1. The minimum Gasteiger partial charge on any atom is -0.478 e. The smallest absolute Gasteiger partial charge is 0.338 e. The summed E-state index contributed by atoms with van der Waals surface area (Å²) in [5.41, 5.74) is -0.976. The molecule has 102 valence electrons. The molecule has 1 amide bonds. The number of halogens is 2. The zero-order chi connectivity index (χ0) is 14.2. The Bertz CT molecular complexity index is 550. The lowest BCUT2D eigenvalue weighted by Gasteiger charge is -2.18. The normalized spacial score (nSPS) is 19.0. The van der Waals surface area contributed by atoms with Crippen LogP contribution in [0.5, 0.6) is 0 Å². The number of aromatic carboxylic acids is 1. The van der Waals surface area contributed by atoms with E-state index in [9.17, 15) is 18.4 Å². The van der Waals surface area contributed by atoms with Crippen LogP contribution in [0.15, 0.2) is 12.1 Å². The third-order valence-corrected chi connectivity index (χ3v) is 3.56. The minimum absolute atomic E-state index is 0.0163. The van der Waals surface area contributed by atoms with E-state index in [0.717, 1.165) is 17.0 Å². The number of hydrogen-bond acceptors (Lipinski definition) is 3. The van der Waals surface area contributed by atoms with Gasteiger partial charge >= 0.3 is 5.97 Å². The first-order valence-electron chi connectivity index (χ1n) is 5.58. The molecule has 1 aromatic rings. The number of carboxylic acids is 1. The number of hydrogen-bond donors (Lipinski definition) is 2. The van der Waals surface area contributed by atoms with E-state index in [4.69, 9.17) is 5.11 Å². The van der Waals surface area contributed by atoms with Gasteiger partial charge in [-0.2, -0.15) is 12.6 Å². The molecular weight excluding hydrogens is 276 g/mol. The summed E-state index contributed by atoms with van der Waals surface area (Å²) in [7, 11) is 0. The van der Waals surface area contributed by atoms with E-state index in [1.807, 2.05) is 0 Å². The van der Waals surface area contributed by atoms with Crippen LogP contribution in [0.1, 0.15) is 16.8 Å². The van der Waals surface area contributed by atoms with Gasteiger partial charge in [-0.25, -0.2) is 13.6 Å². The molecule has 1 aliphatic rings. The molecular formula is C12H11F2NO3S. The number of thiol groups is 1. The number of amides is 1. The minimum atomic E-state index is -1.55. The fourth-order valence-corrected chi connectivity index (χ4v) is 2.29. The quantitative estimate of drug-likeness (QED) is 0.835. The van der Waals surface area contributed by atoms with Gasteiger partial charge in [-0.1, -0.05) is 0 Å². The van der Waals surface area contributed by atoms with E-state index < -0.39 is 23.2 Å². The first-order chi connectivity index (χ1) is 8.95. The monoisotopic (exact) mass is 287 g/mol. The summed E-state index contributed by atoms with van der Waals surface area (Å²) in [5.74, 6) is -4.18. The van der Waals surface area contributed by atoms with Gasteiger partial charge in [0.15, 0.2) is 11.6 Å². The molecule has 4 nitrogen and oxygen atoms in total. The molecule has 1 atom stereocenters. The lowest BCUT2D eigenvalue weighted by atomic mass is 10.1. The Morgan fingerprint density at radius 2 is 2.11 bits per heavy atom. The van der Waals surface area contributed by atoms with Gasteiger partial charge < -0.3 is 10.0 Å². The highest BCUT2D eigenvalue weighted by Crippen LogP contribution is 2.30. The van der Waals surface area contributed by atoms with E-state index >= 15 is 0 Å². The Labute approximate surface area is 113 Å². The molecule has 1 fully saturated rings. The third-order valence-electron chi connectivity index (χ3n) is 3.05. The molecule has 19 heavy (non-hydrogen) atoms. The predicted octanol–water partition coefficient (Wildman–Crippen LogP) is 1.95. The maximum absolute atomic E-state index is 13.8. The topological polar surface area (TPSA) is 57.6 Å². The summed E-state index contributed by atoms with van der Waals surface area (Å²) in [6.45, 7) is 0.255. The summed E-state index contributed by atoms with van der Waals surface area (Å²) >= 11 is 4.07. The number of benzene rings is 1. The van der Waals surface area contributed by atoms with E-state index in [0.29, 0.717) is 5.75 Å². The second-order valence-corrected chi connectivity index (χ2v) is 4.69. The molecule has 0 bridgehead atoms. The van der Waals surface area contributed by atoms with Gasteiger partial charge in [-0.3, -0.25) is 4.79 Å². The Morgan fingerprint density at radius 3 is 2.63 bits per heavy atom. The maximum Gasteiger partial charge on any atom is 0.338 e. The van der Waals surface area contributed by atoms with Crippen molar-refractivity contribution in [3.05, 3.63) is 29.3 Å². The number of carbonyl (C=O) groups excluding carboxylic acids is 1. The maximum atomic E-state index is 13.8. The van der Waals surface area contributed by atoms with Crippen LogP contribution in [0.25, 0.3) is 0 Å². The molecule has 1 unspecified atom stereocenters. The van der Waals surface area contributed by atoms with Crippen molar-refractivity contribution in [2.45, 2.75) is 6.42 Å². The van der Waals surface area contributed by atoms with Crippen LogP contribution in [0.4, 0.5) is 14.5 Å². The molecule has 0 spiro atoms. The standard InChI is InChI=1S/C12H11F2NO3S/c13-10-7(12(17)18)1-2-8(11(10)14)15-4-6(5-19)3-9(15)16/h1-2,6,19H,3-5H2,(H,17,18). The van der Waals surface area contributed by atoms with Gasteiger partial charge in [0, 0.05) is 13.0 Å². The molecule has 1 heterocycles. The first-order valence-corrected chi connectivity index (χ1v) is 6.21. The summed E-state index contributed by atoms with van der Waals surface area (Å²) in [4.78, 5) is 23.5. The van der Waals surface area contributed by atoms with Crippen LogP contribution in [0.2, 0.25) is 0 Å². The average molecular weight is 287 g/mol. The average Bonchev–Trinajstić information content (AvgIpc) is 2.73. The van der Waals surface area contributed by atoms with Gasteiger partial charge in [-0.15, -0.1) is 0 Å². The molecule has 1 N–H and O–H groups in total. The van der Waals surface area contributed by atoms with Crippen molar-refractivity contribution in [1.29, 1.82) is 0 Å². The summed E-state index contributed by atoms with van der Waals surface area (Å²) in [6.07, 6.45) is 0.227. The van der Waals surface area contributed by atoms with Crippen LogP contribution in [0, 0.1) is 17.6 Å². The van der Waals surface area contributed by atoms with Crippen molar-refractivity contribution >= 4 is 30.2 Å². The molecule has 0 saturated carbocycles. The fraction of sp³-hybridized carbons (Fsp3) is 0.333. The first kappa shape index (κ1) is 13.8. The largest absolute Gasteiger partial charge is 0.478 e. The van der Waals surface area contributed by atoms with Crippen molar-refractivity contribution in [2.75, 3.05) is 17.2 Å². The number of anilines is 1. The summed E-state index contributed by atoms with van der Waals surface area (Å²) in [6, 6.07) is 2.07. The van der Waals surface area contributed by atoms with Crippen molar-refractivity contribution in [1.82, 2.24) is 0 Å². The highest BCUT2D eigenvalue weighted by molar-refractivity contribution is 7.80. The molecule has 0 aliphatic carbocycles. The van der Waals surface area contributed by atoms with Crippen LogP contribution in [-0.2, 0) is 4.79 Å². The molecule has 1 saturated heterocycles. The van der Waals surface area contributed by atoms with Gasteiger partial charge in [0.05, 0.1) is 11.3 Å². The predicted molar refractivity (Wildman–Crippen MR) is 67.6 cm³/mol. The Hall–Kier alpha value is -1.63. The van der Waals surface area contributed by atoms with Crippen molar-refractivity contribution in [3.8, 4) is 0 Å². The lowest BCUT2D eigenvalue weighted by molar-refractivity contribution is -0.117. The van der Waals surface area contributed by atoms with Crippen LogP contribution >= 0.6 is 12.6 Å².